The van der Waals surface area contributed by atoms with Crippen molar-refractivity contribution < 1.29 is 10.2 Å². The summed E-state index contributed by atoms with van der Waals surface area (Å²) in [5, 5.41) is 19.3. The monoisotopic (exact) mass is 256 g/mol. The van der Waals surface area contributed by atoms with Gasteiger partial charge >= 0.3 is 0 Å². The minimum Gasteiger partial charge on any atom is -0.384 e. The number of aliphatic hydroxyl groups is 2. The molecule has 0 aromatic heterocycles. The van der Waals surface area contributed by atoms with Gasteiger partial charge in [-0.15, -0.1) is 0 Å². The van der Waals surface area contributed by atoms with Gasteiger partial charge in [0.15, 0.2) is 0 Å². The highest BCUT2D eigenvalue weighted by Crippen LogP contribution is 2.40. The molecule has 2 aliphatic rings. The van der Waals surface area contributed by atoms with Gasteiger partial charge in [-0.3, -0.25) is 0 Å². The molecule has 2 rings (SSSR count). The van der Waals surface area contributed by atoms with Gasteiger partial charge in [-0.05, 0) is 22.3 Å². The summed E-state index contributed by atoms with van der Waals surface area (Å²) in [5.41, 5.74) is 3.35. The van der Waals surface area contributed by atoms with Gasteiger partial charge in [0.05, 0.1) is 12.2 Å². The van der Waals surface area contributed by atoms with Crippen LogP contribution in [0.1, 0.15) is 13.8 Å². The van der Waals surface area contributed by atoms with Crippen molar-refractivity contribution in [2.45, 2.75) is 26.1 Å². The van der Waals surface area contributed by atoms with Crippen molar-refractivity contribution >= 4 is 0 Å². The van der Waals surface area contributed by atoms with E-state index in [4.69, 9.17) is 0 Å². The van der Waals surface area contributed by atoms with Crippen molar-refractivity contribution in [1.29, 1.82) is 0 Å². The molecule has 2 nitrogen and oxygen atoms in total. The first kappa shape index (κ1) is 13.8. The second kappa shape index (κ2) is 4.80. The van der Waals surface area contributed by atoms with Gasteiger partial charge < -0.3 is 10.2 Å². The van der Waals surface area contributed by atoms with E-state index in [0.717, 1.165) is 11.1 Å². The third-order valence-electron chi connectivity index (χ3n) is 3.80. The van der Waals surface area contributed by atoms with Gasteiger partial charge in [-0.25, -0.2) is 0 Å². The first-order valence-electron chi connectivity index (χ1n) is 6.37. The molecule has 2 aliphatic carbocycles. The molecule has 0 fully saturated rings. The zero-order chi connectivity index (χ0) is 14.2. The highest BCUT2D eigenvalue weighted by Gasteiger charge is 2.29. The molecule has 0 radical (unpaired) electrons. The van der Waals surface area contributed by atoms with E-state index in [1.54, 1.807) is 12.2 Å². The third kappa shape index (κ3) is 2.55. The van der Waals surface area contributed by atoms with E-state index in [0.29, 0.717) is 11.1 Å². The second-order valence-corrected chi connectivity index (χ2v) is 5.58. The van der Waals surface area contributed by atoms with Crippen LogP contribution in [0.15, 0.2) is 71.9 Å². The van der Waals surface area contributed by atoms with Crippen LogP contribution in [-0.2, 0) is 0 Å². The van der Waals surface area contributed by atoms with Crippen LogP contribution in [0, 0.1) is 5.41 Å². The summed E-state index contributed by atoms with van der Waals surface area (Å²) < 4.78 is 0. The van der Waals surface area contributed by atoms with E-state index < -0.39 is 12.2 Å². The van der Waals surface area contributed by atoms with E-state index in [1.807, 2.05) is 24.3 Å². The summed E-state index contributed by atoms with van der Waals surface area (Å²) in [7, 11) is 0. The maximum absolute atomic E-state index is 9.64. The Kier molecular flexibility index (Phi) is 3.48. The maximum Gasteiger partial charge on any atom is 0.0969 e. The average molecular weight is 256 g/mol. The topological polar surface area (TPSA) is 40.5 Å². The van der Waals surface area contributed by atoms with Crippen LogP contribution in [0.4, 0.5) is 0 Å². The molecule has 2 atom stereocenters. The third-order valence-corrected chi connectivity index (χ3v) is 3.80. The van der Waals surface area contributed by atoms with Gasteiger partial charge in [-0.2, -0.15) is 0 Å². The van der Waals surface area contributed by atoms with Gasteiger partial charge in [-0.1, -0.05) is 63.5 Å². The summed E-state index contributed by atoms with van der Waals surface area (Å²) in [6.07, 6.45) is 10.0. The number of rotatable bonds is 2. The zero-order valence-electron chi connectivity index (χ0n) is 11.4. The van der Waals surface area contributed by atoms with Crippen LogP contribution >= 0.6 is 0 Å². The summed E-state index contributed by atoms with van der Waals surface area (Å²) in [5.74, 6) is 0. The lowest BCUT2D eigenvalue weighted by Crippen LogP contribution is -2.22. The SMILES string of the molecule is C=C1C=C(C(C)(C)C2=CC(=C)C(O)C=C2)C=CC1O. The fourth-order valence-corrected chi connectivity index (χ4v) is 2.25. The Hall–Kier alpha value is -1.64. The fraction of sp³-hybridized carbons (Fsp3) is 0.294. The van der Waals surface area contributed by atoms with Gasteiger partial charge in [0.1, 0.15) is 0 Å². The highest BCUT2D eigenvalue weighted by atomic mass is 16.3. The number of allylic oxidation sites excluding steroid dienone is 4. The molecule has 0 saturated heterocycles. The molecule has 0 aromatic rings. The molecule has 0 amide bonds. The lowest BCUT2D eigenvalue weighted by atomic mass is 9.73. The lowest BCUT2D eigenvalue weighted by molar-refractivity contribution is 0.260. The molecule has 100 valence electrons. The zero-order valence-corrected chi connectivity index (χ0v) is 11.4. The Balaban J connectivity index is 2.34. The van der Waals surface area contributed by atoms with Crippen LogP contribution in [-0.4, -0.2) is 22.4 Å². The molecule has 2 N–H and O–H groups in total. The molecule has 0 aliphatic heterocycles. The van der Waals surface area contributed by atoms with E-state index in [9.17, 15) is 10.2 Å². The van der Waals surface area contributed by atoms with Crippen LogP contribution in [0.5, 0.6) is 0 Å². The summed E-state index contributed by atoms with van der Waals surface area (Å²) in [6.45, 7) is 11.9. The van der Waals surface area contributed by atoms with Crippen molar-refractivity contribution in [3.8, 4) is 0 Å². The van der Waals surface area contributed by atoms with Crippen molar-refractivity contribution in [1.82, 2.24) is 0 Å². The molecule has 0 aromatic carbocycles. The Bertz CT molecular complexity index is 494. The normalized spacial score (nSPS) is 27.4. The first-order valence-corrected chi connectivity index (χ1v) is 6.37. The summed E-state index contributed by atoms with van der Waals surface area (Å²) >= 11 is 0. The second-order valence-electron chi connectivity index (χ2n) is 5.58. The van der Waals surface area contributed by atoms with E-state index in [2.05, 4.69) is 27.0 Å². The average Bonchev–Trinajstić information content (AvgIpc) is 2.35. The van der Waals surface area contributed by atoms with E-state index >= 15 is 0 Å². The van der Waals surface area contributed by atoms with Crippen molar-refractivity contribution in [2.24, 2.45) is 5.41 Å². The molecule has 0 spiro atoms. The minimum atomic E-state index is -0.591. The van der Waals surface area contributed by atoms with Crippen LogP contribution < -0.4 is 0 Å². The molecule has 0 heterocycles. The summed E-state index contributed by atoms with van der Waals surface area (Å²) in [4.78, 5) is 0. The first-order chi connectivity index (χ1) is 8.82. The molecular formula is C17H20O2. The Labute approximate surface area is 114 Å². The van der Waals surface area contributed by atoms with Crippen molar-refractivity contribution in [3.05, 3.63) is 71.9 Å². The molecule has 19 heavy (non-hydrogen) atoms. The smallest absolute Gasteiger partial charge is 0.0969 e. The molecule has 0 saturated carbocycles. The van der Waals surface area contributed by atoms with E-state index in [-0.39, 0.29) is 5.41 Å². The van der Waals surface area contributed by atoms with Crippen LogP contribution in [0.2, 0.25) is 0 Å². The largest absolute Gasteiger partial charge is 0.384 e. The van der Waals surface area contributed by atoms with Gasteiger partial charge in [0, 0.05) is 5.41 Å². The molecular weight excluding hydrogens is 236 g/mol. The number of hydrogen-bond donors (Lipinski definition) is 2. The fourth-order valence-electron chi connectivity index (χ4n) is 2.25. The van der Waals surface area contributed by atoms with Gasteiger partial charge in [0.25, 0.3) is 0 Å². The maximum atomic E-state index is 9.64. The highest BCUT2D eigenvalue weighted by molar-refractivity contribution is 5.51. The Morgan fingerprint density at radius 3 is 1.58 bits per heavy atom. The number of aliphatic hydroxyl groups excluding tert-OH is 2. The summed E-state index contributed by atoms with van der Waals surface area (Å²) in [6, 6.07) is 0. The molecule has 2 heteroatoms. The molecule has 0 bridgehead atoms. The quantitative estimate of drug-likeness (QED) is 0.797. The van der Waals surface area contributed by atoms with Crippen molar-refractivity contribution in [2.75, 3.05) is 0 Å². The van der Waals surface area contributed by atoms with E-state index in [1.165, 1.54) is 0 Å². The van der Waals surface area contributed by atoms with Crippen molar-refractivity contribution in [3.63, 3.8) is 0 Å². The predicted octanol–water partition coefficient (Wildman–Crippen LogP) is 2.84. The predicted molar refractivity (Wildman–Crippen MR) is 78.5 cm³/mol. The van der Waals surface area contributed by atoms with Crippen LogP contribution in [0.25, 0.3) is 0 Å². The van der Waals surface area contributed by atoms with Gasteiger partial charge in [0.2, 0.25) is 0 Å². The number of hydrogen-bond acceptors (Lipinski definition) is 2. The molecule has 2 unspecified atom stereocenters. The minimum absolute atomic E-state index is 0.223. The lowest BCUT2D eigenvalue weighted by Gasteiger charge is -2.32. The Morgan fingerprint density at radius 1 is 0.895 bits per heavy atom. The Morgan fingerprint density at radius 2 is 1.26 bits per heavy atom. The van der Waals surface area contributed by atoms with Crippen LogP contribution in [0.3, 0.4) is 0 Å². The standard InChI is InChI=1S/C17H20O2/c1-11-9-13(5-7-15(11)18)17(3,4)14-6-8-16(19)12(2)10-14/h5-10,15-16,18-19H,1-2H2,3-4H3.